The Kier molecular flexibility index (Phi) is 4.94. The molecule has 140 valence electrons. The van der Waals surface area contributed by atoms with Crippen LogP contribution >= 0.6 is 11.6 Å². The minimum absolute atomic E-state index is 0.0955. The maximum absolute atomic E-state index is 13.0. The van der Waals surface area contributed by atoms with Crippen molar-refractivity contribution in [2.24, 2.45) is 5.92 Å². The SMILES string of the molecule is C[C@H]1CCC[NH+](Cc2c(O)ccc3c(=O)c(-c4ccc(Cl)cc4)coc23)C1. The molecule has 2 atom stereocenters. The molecule has 1 unspecified atom stereocenters. The number of piperidine rings is 1. The van der Waals surface area contributed by atoms with E-state index in [2.05, 4.69) is 6.92 Å². The average molecular weight is 385 g/mol. The summed E-state index contributed by atoms with van der Waals surface area (Å²) in [5.74, 6) is 0.866. The van der Waals surface area contributed by atoms with Gasteiger partial charge in [-0.25, -0.2) is 0 Å². The van der Waals surface area contributed by atoms with Gasteiger partial charge in [-0.1, -0.05) is 30.7 Å². The Balaban J connectivity index is 1.77. The van der Waals surface area contributed by atoms with Gasteiger partial charge < -0.3 is 14.4 Å². The van der Waals surface area contributed by atoms with E-state index >= 15 is 0 Å². The number of hydrogen-bond acceptors (Lipinski definition) is 3. The van der Waals surface area contributed by atoms with Crippen molar-refractivity contribution in [1.29, 1.82) is 0 Å². The third-order valence-corrected chi connectivity index (χ3v) is 5.72. The number of rotatable bonds is 3. The highest BCUT2D eigenvalue weighted by Gasteiger charge is 2.23. The molecule has 2 aromatic carbocycles. The highest BCUT2D eigenvalue weighted by atomic mass is 35.5. The first-order chi connectivity index (χ1) is 13.0. The zero-order chi connectivity index (χ0) is 19.0. The van der Waals surface area contributed by atoms with Crippen molar-refractivity contribution in [3.8, 4) is 16.9 Å². The van der Waals surface area contributed by atoms with E-state index in [1.165, 1.54) is 24.0 Å². The van der Waals surface area contributed by atoms with Crippen molar-refractivity contribution in [2.75, 3.05) is 13.1 Å². The van der Waals surface area contributed by atoms with Crippen molar-refractivity contribution in [3.05, 3.63) is 63.5 Å². The van der Waals surface area contributed by atoms with Gasteiger partial charge >= 0.3 is 0 Å². The van der Waals surface area contributed by atoms with E-state index < -0.39 is 0 Å². The summed E-state index contributed by atoms with van der Waals surface area (Å²) in [4.78, 5) is 14.5. The number of benzene rings is 2. The Hall–Kier alpha value is -2.30. The fraction of sp³-hybridized carbons (Fsp3) is 0.318. The lowest BCUT2D eigenvalue weighted by Crippen LogP contribution is -3.12. The van der Waals surface area contributed by atoms with Crippen molar-refractivity contribution >= 4 is 22.6 Å². The van der Waals surface area contributed by atoms with Crippen LogP contribution in [-0.2, 0) is 6.54 Å². The van der Waals surface area contributed by atoms with Crippen LogP contribution < -0.4 is 10.3 Å². The van der Waals surface area contributed by atoms with Gasteiger partial charge in [-0.15, -0.1) is 0 Å². The molecule has 0 saturated carbocycles. The van der Waals surface area contributed by atoms with E-state index in [1.807, 2.05) is 0 Å². The van der Waals surface area contributed by atoms with Crippen molar-refractivity contribution in [2.45, 2.75) is 26.3 Å². The summed E-state index contributed by atoms with van der Waals surface area (Å²) in [5.41, 5.74) is 2.37. The van der Waals surface area contributed by atoms with Gasteiger partial charge in [0.1, 0.15) is 24.1 Å². The van der Waals surface area contributed by atoms with Crippen LogP contribution in [0.3, 0.4) is 0 Å². The summed E-state index contributed by atoms with van der Waals surface area (Å²) in [6.45, 7) is 5.08. The smallest absolute Gasteiger partial charge is 0.200 e. The van der Waals surface area contributed by atoms with E-state index in [9.17, 15) is 9.90 Å². The largest absolute Gasteiger partial charge is 0.507 e. The summed E-state index contributed by atoms with van der Waals surface area (Å²) in [6, 6.07) is 10.4. The Labute approximate surface area is 163 Å². The van der Waals surface area contributed by atoms with Crippen molar-refractivity contribution in [3.63, 3.8) is 0 Å². The summed E-state index contributed by atoms with van der Waals surface area (Å²) in [5, 5.41) is 11.5. The number of quaternary nitrogens is 1. The van der Waals surface area contributed by atoms with Crippen LogP contribution in [0.15, 0.2) is 51.9 Å². The molecule has 1 aliphatic heterocycles. The summed E-state index contributed by atoms with van der Waals surface area (Å²) in [7, 11) is 0. The molecule has 0 bridgehead atoms. The average Bonchev–Trinajstić information content (AvgIpc) is 2.65. The number of hydrogen-bond donors (Lipinski definition) is 2. The number of nitrogens with one attached hydrogen (secondary N) is 1. The second kappa shape index (κ2) is 7.37. The van der Waals surface area contributed by atoms with Gasteiger partial charge in [0.05, 0.1) is 29.6 Å². The molecule has 4 rings (SSSR count). The number of likely N-dealkylation sites (tertiary alicyclic amines) is 1. The molecule has 1 fully saturated rings. The summed E-state index contributed by atoms with van der Waals surface area (Å²) >= 11 is 5.94. The van der Waals surface area contributed by atoms with Crippen molar-refractivity contribution in [1.82, 2.24) is 0 Å². The van der Waals surface area contributed by atoms with E-state index in [-0.39, 0.29) is 11.2 Å². The van der Waals surface area contributed by atoms with Crippen LogP contribution in [0.5, 0.6) is 5.75 Å². The van der Waals surface area contributed by atoms with Crippen LogP contribution in [0, 0.1) is 5.92 Å². The van der Waals surface area contributed by atoms with E-state index in [1.54, 1.807) is 36.4 Å². The number of phenols is 1. The molecule has 5 heteroatoms. The molecule has 2 N–H and O–H groups in total. The van der Waals surface area contributed by atoms with Crippen LogP contribution in [0.1, 0.15) is 25.3 Å². The topological polar surface area (TPSA) is 54.9 Å². The van der Waals surface area contributed by atoms with Crippen LogP contribution in [0.25, 0.3) is 22.1 Å². The fourth-order valence-corrected chi connectivity index (χ4v) is 4.18. The lowest BCUT2D eigenvalue weighted by atomic mass is 9.99. The first-order valence-corrected chi connectivity index (χ1v) is 9.76. The second-order valence-corrected chi connectivity index (χ2v) is 7.99. The molecule has 4 nitrogen and oxygen atoms in total. The Bertz CT molecular complexity index is 1030. The van der Waals surface area contributed by atoms with Gasteiger partial charge in [0.15, 0.2) is 0 Å². The van der Waals surface area contributed by atoms with E-state index in [4.69, 9.17) is 16.0 Å². The van der Waals surface area contributed by atoms with Crippen LogP contribution in [0.4, 0.5) is 0 Å². The summed E-state index contributed by atoms with van der Waals surface area (Å²) in [6.07, 6.45) is 3.93. The number of fused-ring (bicyclic) bond motifs is 1. The Morgan fingerprint density at radius 1 is 1.22 bits per heavy atom. The maximum Gasteiger partial charge on any atom is 0.200 e. The predicted octanol–water partition coefficient (Wildman–Crippen LogP) is 3.63. The highest BCUT2D eigenvalue weighted by Crippen LogP contribution is 2.28. The quantitative estimate of drug-likeness (QED) is 0.725. The first-order valence-electron chi connectivity index (χ1n) is 9.39. The molecule has 0 spiro atoms. The molecule has 1 aromatic heterocycles. The minimum Gasteiger partial charge on any atom is -0.507 e. The lowest BCUT2D eigenvalue weighted by molar-refractivity contribution is -0.922. The standard InChI is InChI=1S/C22H22ClNO3/c1-14-3-2-10-24(11-14)12-18-20(25)9-8-17-21(26)19(13-27-22(17)18)15-4-6-16(23)7-5-15/h4-9,13-14,25H,2-3,10-12H2,1H3/p+1/t14-/m0/s1. The molecule has 2 heterocycles. The molecule has 1 aliphatic rings. The van der Waals surface area contributed by atoms with Gasteiger partial charge in [-0.2, -0.15) is 0 Å². The first kappa shape index (κ1) is 18.1. The normalized spacial score (nSPS) is 20.1. The number of aromatic hydroxyl groups is 1. The molecule has 1 saturated heterocycles. The van der Waals surface area contributed by atoms with Gasteiger partial charge in [0.25, 0.3) is 0 Å². The van der Waals surface area contributed by atoms with Gasteiger partial charge in [0.2, 0.25) is 5.43 Å². The molecule has 0 aliphatic carbocycles. The van der Waals surface area contributed by atoms with Gasteiger partial charge in [-0.05, 0) is 42.7 Å². The Morgan fingerprint density at radius 3 is 2.74 bits per heavy atom. The Morgan fingerprint density at radius 2 is 2.00 bits per heavy atom. The zero-order valence-corrected chi connectivity index (χ0v) is 16.1. The third kappa shape index (κ3) is 3.60. The van der Waals surface area contributed by atoms with E-state index in [0.29, 0.717) is 34.0 Å². The number of halogens is 1. The van der Waals surface area contributed by atoms with Crippen LogP contribution in [-0.4, -0.2) is 18.2 Å². The number of phenolic OH excluding ortho intramolecular Hbond substituents is 1. The third-order valence-electron chi connectivity index (χ3n) is 5.47. The maximum atomic E-state index is 13.0. The zero-order valence-electron chi connectivity index (χ0n) is 15.3. The lowest BCUT2D eigenvalue weighted by Gasteiger charge is -2.28. The monoisotopic (exact) mass is 384 g/mol. The highest BCUT2D eigenvalue weighted by molar-refractivity contribution is 6.30. The molecule has 0 amide bonds. The van der Waals surface area contributed by atoms with Crippen LogP contribution in [0.2, 0.25) is 5.02 Å². The molecular weight excluding hydrogens is 362 g/mol. The molecule has 0 radical (unpaired) electrons. The molecule has 3 aromatic rings. The van der Waals surface area contributed by atoms with E-state index in [0.717, 1.165) is 24.2 Å². The molecule has 27 heavy (non-hydrogen) atoms. The van der Waals surface area contributed by atoms with Crippen molar-refractivity contribution < 1.29 is 14.4 Å². The molecular formula is C22H23ClNO3+. The predicted molar refractivity (Wildman–Crippen MR) is 107 cm³/mol. The second-order valence-electron chi connectivity index (χ2n) is 7.55. The fourth-order valence-electron chi connectivity index (χ4n) is 4.05. The minimum atomic E-state index is -0.0955. The van der Waals surface area contributed by atoms with Gasteiger partial charge in [0, 0.05) is 10.9 Å². The summed E-state index contributed by atoms with van der Waals surface area (Å²) < 4.78 is 5.88. The van der Waals surface area contributed by atoms with Gasteiger partial charge in [-0.3, -0.25) is 4.79 Å².